The number of nitrogens with zero attached hydrogens (tertiary/aromatic N) is 3. The molecular formula is C16H25N3. The maximum absolute atomic E-state index is 4.12. The summed E-state index contributed by atoms with van der Waals surface area (Å²) in [6.07, 6.45) is 6.59. The summed E-state index contributed by atoms with van der Waals surface area (Å²) in [7, 11) is 0. The van der Waals surface area contributed by atoms with Crippen molar-refractivity contribution in [2.75, 3.05) is 19.6 Å². The molecule has 3 rings (SSSR count). The Morgan fingerprint density at radius 1 is 1.26 bits per heavy atom. The zero-order valence-corrected chi connectivity index (χ0v) is 12.1. The summed E-state index contributed by atoms with van der Waals surface area (Å²) in [6.45, 7) is 9.62. The Morgan fingerprint density at radius 2 is 2.05 bits per heavy atom. The highest BCUT2D eigenvalue weighted by atomic mass is 15.3. The van der Waals surface area contributed by atoms with Gasteiger partial charge in [-0.1, -0.05) is 13.8 Å². The molecule has 0 amide bonds. The molecule has 19 heavy (non-hydrogen) atoms. The lowest BCUT2D eigenvalue weighted by Gasteiger charge is -2.45. The summed E-state index contributed by atoms with van der Waals surface area (Å²) in [5.74, 6) is 0.725. The summed E-state index contributed by atoms with van der Waals surface area (Å²) in [6, 6.07) is 5.80. The smallest absolute Gasteiger partial charge is 0.0271 e. The fraction of sp³-hybridized carbons (Fsp3) is 0.688. The highest BCUT2D eigenvalue weighted by Crippen LogP contribution is 2.28. The molecule has 0 aromatic carbocycles. The van der Waals surface area contributed by atoms with Gasteiger partial charge in [0.15, 0.2) is 0 Å². The highest BCUT2D eigenvalue weighted by molar-refractivity contribution is 5.10. The van der Waals surface area contributed by atoms with Gasteiger partial charge in [-0.25, -0.2) is 0 Å². The van der Waals surface area contributed by atoms with Crippen LogP contribution in [0.5, 0.6) is 0 Å². The van der Waals surface area contributed by atoms with Crippen molar-refractivity contribution in [3.8, 4) is 0 Å². The van der Waals surface area contributed by atoms with E-state index in [4.69, 9.17) is 0 Å². The molecule has 3 heteroatoms. The summed E-state index contributed by atoms with van der Waals surface area (Å²) in [5, 5.41) is 0. The van der Waals surface area contributed by atoms with Crippen LogP contribution < -0.4 is 0 Å². The van der Waals surface area contributed by atoms with E-state index in [-0.39, 0.29) is 0 Å². The molecule has 1 aromatic rings. The van der Waals surface area contributed by atoms with Crippen molar-refractivity contribution in [2.45, 2.75) is 45.3 Å². The number of piperazine rings is 1. The van der Waals surface area contributed by atoms with Crippen molar-refractivity contribution in [3.05, 3.63) is 30.1 Å². The third-order valence-electron chi connectivity index (χ3n) is 4.74. The second-order valence-corrected chi connectivity index (χ2v) is 6.39. The monoisotopic (exact) mass is 259 g/mol. The van der Waals surface area contributed by atoms with Gasteiger partial charge in [0.25, 0.3) is 0 Å². The van der Waals surface area contributed by atoms with Crippen molar-refractivity contribution in [3.63, 3.8) is 0 Å². The summed E-state index contributed by atoms with van der Waals surface area (Å²) < 4.78 is 0. The summed E-state index contributed by atoms with van der Waals surface area (Å²) in [5.41, 5.74) is 1.40. The molecule has 2 atom stereocenters. The second-order valence-electron chi connectivity index (χ2n) is 6.39. The number of hydrogen-bond acceptors (Lipinski definition) is 3. The first-order chi connectivity index (χ1) is 9.24. The normalized spacial score (nSPS) is 28.8. The van der Waals surface area contributed by atoms with Crippen LogP contribution in [0.2, 0.25) is 0 Å². The first kappa shape index (κ1) is 13.1. The van der Waals surface area contributed by atoms with E-state index in [2.05, 4.69) is 40.8 Å². The molecule has 1 aromatic heterocycles. The largest absolute Gasteiger partial charge is 0.298 e. The van der Waals surface area contributed by atoms with Gasteiger partial charge in [-0.15, -0.1) is 0 Å². The van der Waals surface area contributed by atoms with Crippen LogP contribution >= 0.6 is 0 Å². The SMILES string of the molecule is CC(C)C1CN2CCCC2CN1Cc1ccncc1. The topological polar surface area (TPSA) is 19.4 Å². The Morgan fingerprint density at radius 3 is 2.79 bits per heavy atom. The fourth-order valence-corrected chi connectivity index (χ4v) is 3.64. The van der Waals surface area contributed by atoms with Crippen LogP contribution in [0.4, 0.5) is 0 Å². The van der Waals surface area contributed by atoms with Crippen LogP contribution in [-0.4, -0.2) is 46.5 Å². The zero-order valence-electron chi connectivity index (χ0n) is 12.1. The van der Waals surface area contributed by atoms with E-state index in [1.54, 1.807) is 0 Å². The molecular weight excluding hydrogens is 234 g/mol. The van der Waals surface area contributed by atoms with E-state index in [9.17, 15) is 0 Å². The highest BCUT2D eigenvalue weighted by Gasteiger charge is 2.37. The molecule has 0 saturated carbocycles. The first-order valence-corrected chi connectivity index (χ1v) is 7.61. The van der Waals surface area contributed by atoms with Gasteiger partial charge in [0.1, 0.15) is 0 Å². The molecule has 2 aliphatic rings. The summed E-state index contributed by atoms with van der Waals surface area (Å²) in [4.78, 5) is 9.54. The Labute approximate surface area is 116 Å². The summed E-state index contributed by atoms with van der Waals surface area (Å²) >= 11 is 0. The van der Waals surface area contributed by atoms with Crippen molar-refractivity contribution in [1.29, 1.82) is 0 Å². The van der Waals surface area contributed by atoms with E-state index in [0.717, 1.165) is 18.5 Å². The second kappa shape index (κ2) is 5.59. The van der Waals surface area contributed by atoms with E-state index in [1.807, 2.05) is 12.4 Å². The molecule has 2 saturated heterocycles. The molecule has 0 bridgehead atoms. The Kier molecular flexibility index (Phi) is 3.85. The zero-order chi connectivity index (χ0) is 13.2. The van der Waals surface area contributed by atoms with Gasteiger partial charge in [-0.3, -0.25) is 14.8 Å². The van der Waals surface area contributed by atoms with Crippen LogP contribution in [0.3, 0.4) is 0 Å². The predicted molar refractivity (Wildman–Crippen MR) is 77.9 cm³/mol. The molecule has 104 valence electrons. The number of hydrogen-bond donors (Lipinski definition) is 0. The molecule has 0 radical (unpaired) electrons. The lowest BCUT2D eigenvalue weighted by atomic mass is 9.97. The van der Waals surface area contributed by atoms with Crippen LogP contribution in [0, 0.1) is 5.92 Å². The Bertz CT molecular complexity index is 404. The Balaban J connectivity index is 1.73. The third-order valence-corrected chi connectivity index (χ3v) is 4.74. The number of aromatic nitrogens is 1. The predicted octanol–water partition coefficient (Wildman–Crippen LogP) is 2.39. The first-order valence-electron chi connectivity index (χ1n) is 7.61. The van der Waals surface area contributed by atoms with Gasteiger partial charge in [0, 0.05) is 44.1 Å². The average molecular weight is 259 g/mol. The molecule has 3 heterocycles. The van der Waals surface area contributed by atoms with Crippen molar-refractivity contribution >= 4 is 0 Å². The molecule has 2 unspecified atom stereocenters. The van der Waals surface area contributed by atoms with Gasteiger partial charge in [-0.05, 0) is 43.0 Å². The lowest BCUT2D eigenvalue weighted by molar-refractivity contribution is 0.0239. The van der Waals surface area contributed by atoms with Gasteiger partial charge in [0.2, 0.25) is 0 Å². The third kappa shape index (κ3) is 2.82. The molecule has 3 nitrogen and oxygen atoms in total. The van der Waals surface area contributed by atoms with Gasteiger partial charge >= 0.3 is 0 Å². The number of rotatable bonds is 3. The van der Waals surface area contributed by atoms with Crippen molar-refractivity contribution in [2.24, 2.45) is 5.92 Å². The van der Waals surface area contributed by atoms with Gasteiger partial charge in [0.05, 0.1) is 0 Å². The molecule has 0 N–H and O–H groups in total. The van der Waals surface area contributed by atoms with Crippen molar-refractivity contribution < 1.29 is 0 Å². The van der Waals surface area contributed by atoms with Crippen LogP contribution in [0.15, 0.2) is 24.5 Å². The fourth-order valence-electron chi connectivity index (χ4n) is 3.64. The Hall–Kier alpha value is -0.930. The average Bonchev–Trinajstić information content (AvgIpc) is 2.86. The maximum atomic E-state index is 4.12. The minimum Gasteiger partial charge on any atom is -0.298 e. The van der Waals surface area contributed by atoms with Gasteiger partial charge < -0.3 is 0 Å². The lowest BCUT2D eigenvalue weighted by Crippen LogP contribution is -2.57. The van der Waals surface area contributed by atoms with Crippen LogP contribution in [0.25, 0.3) is 0 Å². The van der Waals surface area contributed by atoms with E-state index in [0.29, 0.717) is 6.04 Å². The minimum absolute atomic E-state index is 0.697. The van der Waals surface area contributed by atoms with Crippen molar-refractivity contribution in [1.82, 2.24) is 14.8 Å². The number of pyridine rings is 1. The van der Waals surface area contributed by atoms with Crippen LogP contribution in [-0.2, 0) is 6.54 Å². The maximum Gasteiger partial charge on any atom is 0.0271 e. The standard InChI is InChI=1S/C16H25N3/c1-13(2)16-12-18-9-3-4-15(18)11-19(16)10-14-5-7-17-8-6-14/h5-8,13,15-16H,3-4,9-12H2,1-2H3. The molecule has 0 aliphatic carbocycles. The van der Waals surface area contributed by atoms with Crippen LogP contribution in [0.1, 0.15) is 32.3 Å². The molecule has 2 aliphatic heterocycles. The molecule has 2 fully saturated rings. The molecule has 0 spiro atoms. The minimum atomic E-state index is 0.697. The quantitative estimate of drug-likeness (QED) is 0.831. The van der Waals surface area contributed by atoms with E-state index < -0.39 is 0 Å². The van der Waals surface area contributed by atoms with Gasteiger partial charge in [-0.2, -0.15) is 0 Å². The van der Waals surface area contributed by atoms with E-state index in [1.165, 1.54) is 38.0 Å². The number of fused-ring (bicyclic) bond motifs is 1. The van der Waals surface area contributed by atoms with E-state index >= 15 is 0 Å².